The first kappa shape index (κ1) is 14.4. The van der Waals surface area contributed by atoms with Crippen molar-refractivity contribution in [3.05, 3.63) is 59.5 Å². The summed E-state index contributed by atoms with van der Waals surface area (Å²) >= 11 is 0. The van der Waals surface area contributed by atoms with Gasteiger partial charge < -0.3 is 15.5 Å². The van der Waals surface area contributed by atoms with Crippen LogP contribution in [0.1, 0.15) is 34.5 Å². The van der Waals surface area contributed by atoms with Gasteiger partial charge in [0.25, 0.3) is 5.91 Å². The molecule has 120 valence electrons. The number of aryl methyl sites for hydroxylation is 1. The van der Waals surface area contributed by atoms with E-state index in [1.165, 1.54) is 0 Å². The van der Waals surface area contributed by atoms with Gasteiger partial charge in [0.2, 0.25) is 0 Å². The molecule has 0 bridgehead atoms. The quantitative estimate of drug-likeness (QED) is 0.499. The minimum absolute atomic E-state index is 0.174. The molecule has 0 saturated heterocycles. The first-order valence-electron chi connectivity index (χ1n) is 7.83. The number of nitrogens with zero attached hydrogens (tertiary/aromatic N) is 2. The first-order valence-corrected chi connectivity index (χ1v) is 7.83. The van der Waals surface area contributed by atoms with Crippen molar-refractivity contribution >= 4 is 28.2 Å². The average Bonchev–Trinajstić information content (AvgIpc) is 3.00. The number of anilines is 1. The van der Waals surface area contributed by atoms with Gasteiger partial charge >= 0.3 is 0 Å². The number of hydrogen-bond donors (Lipinski definition) is 3. The largest absolute Gasteiger partial charge is 0.411 e. The van der Waals surface area contributed by atoms with Gasteiger partial charge in [-0.25, -0.2) is 0 Å². The zero-order chi connectivity index (χ0) is 16.5. The van der Waals surface area contributed by atoms with Gasteiger partial charge in [0.15, 0.2) is 0 Å². The van der Waals surface area contributed by atoms with Gasteiger partial charge in [0.1, 0.15) is 5.71 Å². The van der Waals surface area contributed by atoms with Crippen LogP contribution in [-0.2, 0) is 6.42 Å². The van der Waals surface area contributed by atoms with Crippen LogP contribution in [0.4, 0.5) is 5.69 Å². The molecule has 6 heteroatoms. The van der Waals surface area contributed by atoms with E-state index in [0.29, 0.717) is 17.0 Å². The molecule has 1 aliphatic rings. The Morgan fingerprint density at radius 2 is 2.21 bits per heavy atom. The van der Waals surface area contributed by atoms with Crippen LogP contribution in [-0.4, -0.2) is 26.8 Å². The van der Waals surface area contributed by atoms with E-state index in [1.54, 1.807) is 30.6 Å². The maximum Gasteiger partial charge on any atom is 0.255 e. The van der Waals surface area contributed by atoms with E-state index in [9.17, 15) is 4.79 Å². The summed E-state index contributed by atoms with van der Waals surface area (Å²) in [6, 6.07) is 9.13. The predicted molar refractivity (Wildman–Crippen MR) is 91.8 cm³/mol. The van der Waals surface area contributed by atoms with Crippen molar-refractivity contribution in [3.63, 3.8) is 0 Å². The van der Waals surface area contributed by atoms with Crippen LogP contribution in [0, 0.1) is 0 Å². The Labute approximate surface area is 138 Å². The number of oxime groups is 1. The van der Waals surface area contributed by atoms with Crippen LogP contribution >= 0.6 is 0 Å². The van der Waals surface area contributed by atoms with Crippen molar-refractivity contribution in [1.29, 1.82) is 0 Å². The summed E-state index contributed by atoms with van der Waals surface area (Å²) in [6.07, 6.45) is 5.87. The predicted octanol–water partition coefficient (Wildman–Crippen LogP) is 3.33. The summed E-state index contributed by atoms with van der Waals surface area (Å²) in [4.78, 5) is 19.7. The highest BCUT2D eigenvalue weighted by Gasteiger charge is 2.21. The number of carbonyl (C=O) groups is 1. The molecule has 2 heterocycles. The zero-order valence-electron chi connectivity index (χ0n) is 12.9. The first-order chi connectivity index (χ1) is 11.8. The number of aromatic amines is 1. The molecule has 0 unspecified atom stereocenters. The number of carbonyl (C=O) groups excluding carboxylic acids is 1. The molecule has 3 aromatic rings. The Kier molecular flexibility index (Phi) is 3.49. The number of amides is 1. The van der Waals surface area contributed by atoms with E-state index in [-0.39, 0.29) is 5.91 Å². The summed E-state index contributed by atoms with van der Waals surface area (Å²) in [5, 5.41) is 16.4. The second kappa shape index (κ2) is 5.81. The van der Waals surface area contributed by atoms with E-state index in [4.69, 9.17) is 5.21 Å². The van der Waals surface area contributed by atoms with Crippen LogP contribution in [0.2, 0.25) is 0 Å². The molecule has 0 atom stereocenters. The zero-order valence-corrected chi connectivity index (χ0v) is 12.9. The van der Waals surface area contributed by atoms with Crippen LogP contribution in [0.5, 0.6) is 0 Å². The van der Waals surface area contributed by atoms with Crippen LogP contribution < -0.4 is 5.32 Å². The average molecular weight is 320 g/mol. The molecule has 0 fully saturated rings. The topological polar surface area (TPSA) is 90.4 Å². The van der Waals surface area contributed by atoms with Gasteiger partial charge in [-0.3, -0.25) is 9.78 Å². The summed E-state index contributed by atoms with van der Waals surface area (Å²) < 4.78 is 0. The maximum atomic E-state index is 12.5. The summed E-state index contributed by atoms with van der Waals surface area (Å²) in [5.74, 6) is -0.174. The molecule has 0 aliphatic heterocycles. The Morgan fingerprint density at radius 1 is 1.29 bits per heavy atom. The molecule has 6 nitrogen and oxygen atoms in total. The number of hydrogen-bond acceptors (Lipinski definition) is 4. The minimum Gasteiger partial charge on any atom is -0.411 e. The molecular formula is C18H16N4O2. The summed E-state index contributed by atoms with van der Waals surface area (Å²) in [5.41, 5.74) is 4.85. The lowest BCUT2D eigenvalue weighted by Gasteiger charge is -2.12. The second-order valence-corrected chi connectivity index (χ2v) is 5.83. The van der Waals surface area contributed by atoms with Gasteiger partial charge in [0, 0.05) is 22.7 Å². The number of pyridine rings is 1. The molecule has 2 aromatic heterocycles. The van der Waals surface area contributed by atoms with E-state index in [1.807, 2.05) is 12.1 Å². The lowest BCUT2D eigenvalue weighted by Crippen LogP contribution is -2.12. The molecular weight excluding hydrogens is 304 g/mol. The lowest BCUT2D eigenvalue weighted by molar-refractivity contribution is 0.102. The lowest BCUT2D eigenvalue weighted by atomic mass is 9.93. The van der Waals surface area contributed by atoms with Gasteiger partial charge in [-0.15, -0.1) is 0 Å². The number of fused-ring (bicyclic) bond motifs is 3. The van der Waals surface area contributed by atoms with Crippen LogP contribution in [0.25, 0.3) is 10.9 Å². The SMILES string of the molecule is O=C(Nc1cccnc1)c1ccc2[nH]c3c(c2c1)CCC/C3=N\O. The summed E-state index contributed by atoms with van der Waals surface area (Å²) in [7, 11) is 0. The molecule has 1 aromatic carbocycles. The second-order valence-electron chi connectivity index (χ2n) is 5.83. The van der Waals surface area contributed by atoms with Gasteiger partial charge in [-0.2, -0.15) is 0 Å². The molecule has 0 saturated carbocycles. The molecule has 4 rings (SSSR count). The van der Waals surface area contributed by atoms with E-state index < -0.39 is 0 Å². The molecule has 1 amide bonds. The molecule has 0 spiro atoms. The normalized spacial score (nSPS) is 15.4. The van der Waals surface area contributed by atoms with Gasteiger partial charge in [-0.05, 0) is 55.2 Å². The molecule has 1 aliphatic carbocycles. The van der Waals surface area contributed by atoms with Crippen molar-refractivity contribution in [2.75, 3.05) is 5.32 Å². The smallest absolute Gasteiger partial charge is 0.255 e. The van der Waals surface area contributed by atoms with Crippen molar-refractivity contribution in [2.45, 2.75) is 19.3 Å². The van der Waals surface area contributed by atoms with Crippen molar-refractivity contribution < 1.29 is 10.0 Å². The fourth-order valence-corrected chi connectivity index (χ4v) is 3.19. The van der Waals surface area contributed by atoms with Gasteiger partial charge in [0.05, 0.1) is 17.6 Å². The minimum atomic E-state index is -0.174. The van der Waals surface area contributed by atoms with Crippen molar-refractivity contribution in [2.24, 2.45) is 5.16 Å². The number of nitrogens with one attached hydrogen (secondary N) is 2. The molecule has 3 N–H and O–H groups in total. The monoisotopic (exact) mass is 320 g/mol. The Balaban J connectivity index is 1.72. The number of aromatic nitrogens is 2. The highest BCUT2D eigenvalue weighted by Crippen LogP contribution is 2.30. The third kappa shape index (κ3) is 2.42. The van der Waals surface area contributed by atoms with Crippen LogP contribution in [0.15, 0.2) is 47.9 Å². The Morgan fingerprint density at radius 3 is 3.00 bits per heavy atom. The maximum absolute atomic E-state index is 12.5. The van der Waals surface area contributed by atoms with Crippen molar-refractivity contribution in [3.8, 4) is 0 Å². The fraction of sp³-hybridized carbons (Fsp3) is 0.167. The fourth-order valence-electron chi connectivity index (χ4n) is 3.19. The van der Waals surface area contributed by atoms with Crippen LogP contribution in [0.3, 0.4) is 0 Å². The van der Waals surface area contributed by atoms with Crippen molar-refractivity contribution in [1.82, 2.24) is 9.97 Å². The Bertz CT molecular complexity index is 944. The molecule has 0 radical (unpaired) electrons. The highest BCUT2D eigenvalue weighted by molar-refractivity contribution is 6.09. The van der Waals surface area contributed by atoms with E-state index >= 15 is 0 Å². The summed E-state index contributed by atoms with van der Waals surface area (Å²) in [6.45, 7) is 0. The highest BCUT2D eigenvalue weighted by atomic mass is 16.4. The number of H-pyrrole nitrogens is 1. The number of rotatable bonds is 2. The van der Waals surface area contributed by atoms with E-state index in [0.717, 1.165) is 41.4 Å². The third-order valence-corrected chi connectivity index (χ3v) is 4.34. The third-order valence-electron chi connectivity index (χ3n) is 4.34. The standard InChI is InChI=1S/C18H16N4O2/c23-18(20-12-3-2-8-19-10-12)11-6-7-15-14(9-11)13-4-1-5-16(22-24)17(13)21-15/h2-3,6-10,21,24H,1,4-5H2,(H,20,23)/b22-16+. The van der Waals surface area contributed by atoms with E-state index in [2.05, 4.69) is 20.4 Å². The number of benzene rings is 1. The van der Waals surface area contributed by atoms with Gasteiger partial charge in [-0.1, -0.05) is 5.16 Å². The molecule has 24 heavy (non-hydrogen) atoms. The Hall–Kier alpha value is -3.15.